The van der Waals surface area contributed by atoms with E-state index < -0.39 is 0 Å². The Morgan fingerprint density at radius 1 is 1.29 bits per heavy atom. The maximum Gasteiger partial charge on any atom is 0.120 e. The molecule has 0 saturated carbocycles. The smallest absolute Gasteiger partial charge is 0.120 e. The Morgan fingerprint density at radius 3 is 2.65 bits per heavy atom. The van der Waals surface area contributed by atoms with Crippen LogP contribution in [0.15, 0.2) is 18.2 Å². The summed E-state index contributed by atoms with van der Waals surface area (Å²) in [5, 5.41) is 4.13. The van der Waals surface area contributed by atoms with Gasteiger partial charge in [-0.15, -0.1) is 0 Å². The van der Waals surface area contributed by atoms with E-state index in [-0.39, 0.29) is 6.10 Å². The second-order valence-corrected chi connectivity index (χ2v) is 4.47. The summed E-state index contributed by atoms with van der Waals surface area (Å²) in [6.45, 7) is 8.20. The highest BCUT2D eigenvalue weighted by Crippen LogP contribution is 2.23. The number of likely N-dealkylation sites (N-methyl/N-ethyl adjacent to an activating group) is 1. The van der Waals surface area contributed by atoms with Crippen LogP contribution in [-0.2, 0) is 6.42 Å². The van der Waals surface area contributed by atoms with Gasteiger partial charge in [-0.3, -0.25) is 0 Å². The van der Waals surface area contributed by atoms with Crippen molar-refractivity contribution in [2.75, 3.05) is 13.1 Å². The molecule has 0 amide bonds. The molecule has 1 atom stereocenters. The maximum absolute atomic E-state index is 6.08. The van der Waals surface area contributed by atoms with E-state index in [1.807, 2.05) is 18.2 Å². The van der Waals surface area contributed by atoms with Crippen LogP contribution >= 0.6 is 11.6 Å². The number of halogens is 1. The van der Waals surface area contributed by atoms with Crippen molar-refractivity contribution in [3.8, 4) is 5.75 Å². The molecule has 0 bridgehead atoms. The maximum atomic E-state index is 6.08. The molecule has 0 fully saturated rings. The minimum absolute atomic E-state index is 0.223. The van der Waals surface area contributed by atoms with Crippen molar-refractivity contribution < 1.29 is 4.74 Å². The SMILES string of the molecule is CCNCC(CC)Oc1ccc(Cl)c(CC)c1. The first-order valence-corrected chi connectivity index (χ1v) is 6.74. The molecule has 1 aromatic rings. The van der Waals surface area contributed by atoms with Gasteiger partial charge in [0.1, 0.15) is 11.9 Å². The molecular formula is C14H22ClNO. The van der Waals surface area contributed by atoms with Crippen molar-refractivity contribution in [1.29, 1.82) is 0 Å². The number of rotatable bonds is 7. The van der Waals surface area contributed by atoms with Gasteiger partial charge in [-0.1, -0.05) is 32.4 Å². The molecule has 0 spiro atoms. The van der Waals surface area contributed by atoms with Crippen molar-refractivity contribution >= 4 is 11.6 Å². The number of hydrogen-bond acceptors (Lipinski definition) is 2. The summed E-state index contributed by atoms with van der Waals surface area (Å²) in [6.07, 6.45) is 2.15. The second-order valence-electron chi connectivity index (χ2n) is 4.06. The van der Waals surface area contributed by atoms with Gasteiger partial charge in [0.15, 0.2) is 0 Å². The van der Waals surface area contributed by atoms with Gasteiger partial charge in [0.05, 0.1) is 0 Å². The highest BCUT2D eigenvalue weighted by Gasteiger charge is 2.08. The highest BCUT2D eigenvalue weighted by atomic mass is 35.5. The van der Waals surface area contributed by atoms with E-state index in [2.05, 4.69) is 26.1 Å². The predicted molar refractivity (Wildman–Crippen MR) is 74.1 cm³/mol. The Kier molecular flexibility index (Phi) is 6.38. The third-order valence-corrected chi connectivity index (χ3v) is 3.15. The molecule has 0 heterocycles. The molecule has 0 saturated heterocycles. The molecule has 1 aromatic carbocycles. The Morgan fingerprint density at radius 2 is 2.06 bits per heavy atom. The van der Waals surface area contributed by atoms with E-state index in [1.165, 1.54) is 0 Å². The van der Waals surface area contributed by atoms with Crippen LogP contribution in [-0.4, -0.2) is 19.2 Å². The van der Waals surface area contributed by atoms with Crippen LogP contribution in [0.2, 0.25) is 5.02 Å². The van der Waals surface area contributed by atoms with Gasteiger partial charge in [0, 0.05) is 11.6 Å². The largest absolute Gasteiger partial charge is 0.489 e. The zero-order chi connectivity index (χ0) is 12.7. The normalized spacial score (nSPS) is 12.5. The van der Waals surface area contributed by atoms with Crippen molar-refractivity contribution in [1.82, 2.24) is 5.32 Å². The van der Waals surface area contributed by atoms with Crippen LogP contribution in [0.4, 0.5) is 0 Å². The fourth-order valence-electron chi connectivity index (χ4n) is 1.66. The molecule has 96 valence electrons. The quantitative estimate of drug-likeness (QED) is 0.803. The zero-order valence-electron chi connectivity index (χ0n) is 10.9. The Bertz CT molecular complexity index is 341. The van der Waals surface area contributed by atoms with Crippen LogP contribution in [0.5, 0.6) is 5.75 Å². The average Bonchev–Trinajstić information content (AvgIpc) is 2.36. The van der Waals surface area contributed by atoms with Gasteiger partial charge in [-0.2, -0.15) is 0 Å². The number of hydrogen-bond donors (Lipinski definition) is 1. The van der Waals surface area contributed by atoms with Crippen LogP contribution in [0.25, 0.3) is 0 Å². The van der Waals surface area contributed by atoms with Gasteiger partial charge in [0.25, 0.3) is 0 Å². The molecule has 0 aliphatic carbocycles. The first-order valence-electron chi connectivity index (χ1n) is 6.37. The lowest BCUT2D eigenvalue weighted by molar-refractivity contribution is 0.194. The standard InChI is InChI=1S/C14H22ClNO/c1-4-11-9-13(7-8-14(11)15)17-12(5-2)10-16-6-3/h7-9,12,16H,4-6,10H2,1-3H3. The Labute approximate surface area is 109 Å². The van der Waals surface area contributed by atoms with Crippen LogP contribution in [0, 0.1) is 0 Å². The second kappa shape index (κ2) is 7.57. The van der Waals surface area contributed by atoms with Crippen molar-refractivity contribution in [3.05, 3.63) is 28.8 Å². The van der Waals surface area contributed by atoms with Gasteiger partial charge < -0.3 is 10.1 Å². The summed E-state index contributed by atoms with van der Waals surface area (Å²) >= 11 is 6.08. The minimum atomic E-state index is 0.223. The molecule has 0 aromatic heterocycles. The summed E-state index contributed by atoms with van der Waals surface area (Å²) in [4.78, 5) is 0. The first-order chi connectivity index (χ1) is 8.21. The number of ether oxygens (including phenoxy) is 1. The number of nitrogens with one attached hydrogen (secondary N) is 1. The lowest BCUT2D eigenvalue weighted by Crippen LogP contribution is -2.30. The fourth-order valence-corrected chi connectivity index (χ4v) is 1.91. The van der Waals surface area contributed by atoms with E-state index in [1.54, 1.807) is 0 Å². The van der Waals surface area contributed by atoms with E-state index >= 15 is 0 Å². The molecule has 17 heavy (non-hydrogen) atoms. The third-order valence-electron chi connectivity index (χ3n) is 2.78. The van der Waals surface area contributed by atoms with E-state index in [4.69, 9.17) is 16.3 Å². The molecule has 0 aliphatic heterocycles. The molecule has 1 rings (SSSR count). The van der Waals surface area contributed by atoms with Gasteiger partial charge >= 0.3 is 0 Å². The summed E-state index contributed by atoms with van der Waals surface area (Å²) in [5.74, 6) is 0.913. The predicted octanol–water partition coefficient (Wildman–Crippen LogP) is 3.67. The molecule has 3 heteroatoms. The topological polar surface area (TPSA) is 21.3 Å². The zero-order valence-corrected chi connectivity index (χ0v) is 11.7. The lowest BCUT2D eigenvalue weighted by Gasteiger charge is -2.18. The lowest BCUT2D eigenvalue weighted by atomic mass is 10.1. The van der Waals surface area contributed by atoms with Crippen LogP contribution in [0.1, 0.15) is 32.8 Å². The van der Waals surface area contributed by atoms with E-state index in [0.29, 0.717) is 0 Å². The monoisotopic (exact) mass is 255 g/mol. The molecule has 0 aliphatic rings. The minimum Gasteiger partial charge on any atom is -0.489 e. The van der Waals surface area contributed by atoms with E-state index in [0.717, 1.165) is 42.3 Å². The average molecular weight is 256 g/mol. The van der Waals surface area contributed by atoms with Crippen LogP contribution < -0.4 is 10.1 Å². The third kappa shape index (κ3) is 4.57. The number of benzene rings is 1. The van der Waals surface area contributed by atoms with Gasteiger partial charge in [0.2, 0.25) is 0 Å². The Balaban J connectivity index is 2.65. The Hall–Kier alpha value is -0.730. The summed E-state index contributed by atoms with van der Waals surface area (Å²) in [6, 6.07) is 5.89. The first kappa shape index (κ1) is 14.3. The van der Waals surface area contributed by atoms with Gasteiger partial charge in [-0.25, -0.2) is 0 Å². The van der Waals surface area contributed by atoms with Crippen molar-refractivity contribution in [3.63, 3.8) is 0 Å². The highest BCUT2D eigenvalue weighted by molar-refractivity contribution is 6.31. The fraction of sp³-hybridized carbons (Fsp3) is 0.571. The van der Waals surface area contributed by atoms with Crippen molar-refractivity contribution in [2.45, 2.75) is 39.7 Å². The summed E-state index contributed by atoms with van der Waals surface area (Å²) in [7, 11) is 0. The molecular weight excluding hydrogens is 234 g/mol. The van der Waals surface area contributed by atoms with E-state index in [9.17, 15) is 0 Å². The molecule has 0 radical (unpaired) electrons. The summed E-state index contributed by atoms with van der Waals surface area (Å²) < 4.78 is 5.94. The summed E-state index contributed by atoms with van der Waals surface area (Å²) in [5.41, 5.74) is 1.14. The molecule has 1 unspecified atom stereocenters. The van der Waals surface area contributed by atoms with Gasteiger partial charge in [-0.05, 0) is 43.1 Å². The molecule has 2 nitrogen and oxygen atoms in total. The number of aryl methyl sites for hydroxylation is 1. The van der Waals surface area contributed by atoms with Crippen molar-refractivity contribution in [2.24, 2.45) is 0 Å². The molecule has 1 N–H and O–H groups in total. The van der Waals surface area contributed by atoms with Crippen LogP contribution in [0.3, 0.4) is 0 Å².